The highest BCUT2D eigenvalue weighted by Gasteiger charge is 2.36. The van der Waals surface area contributed by atoms with Gasteiger partial charge in [0, 0.05) is 36.5 Å². The second-order valence-corrected chi connectivity index (χ2v) is 14.0. The van der Waals surface area contributed by atoms with E-state index in [9.17, 15) is 14.7 Å². The largest absolute Gasteiger partial charge is 0.496 e. The Kier molecular flexibility index (Phi) is 10.2. The van der Waals surface area contributed by atoms with Crippen molar-refractivity contribution >= 4 is 17.8 Å². The number of anilines is 1. The molecule has 1 aromatic carbocycles. The van der Waals surface area contributed by atoms with Gasteiger partial charge in [0.15, 0.2) is 0 Å². The number of aromatic nitrogens is 3. The number of benzene rings is 1. The van der Waals surface area contributed by atoms with Crippen LogP contribution in [0.1, 0.15) is 88.3 Å². The number of carbonyl (C=O) groups excluding carboxylic acids is 2. The van der Waals surface area contributed by atoms with Crippen molar-refractivity contribution in [2.24, 2.45) is 11.8 Å². The molecule has 3 fully saturated rings. The van der Waals surface area contributed by atoms with Crippen LogP contribution in [0.2, 0.25) is 0 Å². The zero-order valence-electron chi connectivity index (χ0n) is 28.2. The van der Waals surface area contributed by atoms with Gasteiger partial charge in [-0.15, -0.1) is 0 Å². The normalized spacial score (nSPS) is 23.3. The molecule has 0 atom stereocenters. The van der Waals surface area contributed by atoms with E-state index in [1.54, 1.807) is 13.3 Å². The third-order valence-corrected chi connectivity index (χ3v) is 10.3. The zero-order chi connectivity index (χ0) is 33.1. The van der Waals surface area contributed by atoms with Crippen LogP contribution in [0, 0.1) is 18.8 Å². The lowest BCUT2D eigenvalue weighted by Gasteiger charge is -2.38. The van der Waals surface area contributed by atoms with E-state index in [4.69, 9.17) is 14.5 Å². The third-order valence-electron chi connectivity index (χ3n) is 10.3. The standard InChI is InChI=1S/C37H49N5O5/c1-24(2)42-21-31(19-39-42)30-15-16-38-35(18-30)41(20-26-5-7-27(8-6-26)29-11-14-34(46-4)25(3)17-29)36(44)28-9-12-33(13-10-28)47-37(45)40-22-32(43)23-40/h11,14-19,21,24,26-28,32-33,43H,5-10,12-13,20,22-23H2,1-4H3. The summed E-state index contributed by atoms with van der Waals surface area (Å²) in [6.07, 6.45) is 11.6. The number of likely N-dealkylation sites (tertiary alicyclic amines) is 1. The number of pyridine rings is 1. The van der Waals surface area contributed by atoms with Crippen LogP contribution in [0.3, 0.4) is 0 Å². The summed E-state index contributed by atoms with van der Waals surface area (Å²) in [6, 6.07) is 10.8. The number of rotatable bonds is 9. The molecular weight excluding hydrogens is 594 g/mol. The van der Waals surface area contributed by atoms with Crippen molar-refractivity contribution in [1.82, 2.24) is 19.7 Å². The second-order valence-electron chi connectivity index (χ2n) is 14.0. The lowest BCUT2D eigenvalue weighted by molar-refractivity contribution is -0.124. The second kappa shape index (κ2) is 14.5. The van der Waals surface area contributed by atoms with E-state index in [2.05, 4.69) is 44.1 Å². The van der Waals surface area contributed by atoms with Crippen molar-refractivity contribution in [1.29, 1.82) is 0 Å². The van der Waals surface area contributed by atoms with Crippen LogP contribution in [-0.4, -0.2) is 75.7 Å². The van der Waals surface area contributed by atoms with E-state index in [1.807, 2.05) is 34.1 Å². The van der Waals surface area contributed by atoms with Crippen molar-refractivity contribution in [3.05, 3.63) is 60.0 Å². The average molecular weight is 644 g/mol. The monoisotopic (exact) mass is 643 g/mol. The lowest BCUT2D eigenvalue weighted by Crippen LogP contribution is -2.54. The molecule has 0 unspecified atom stereocenters. The maximum atomic E-state index is 14.3. The van der Waals surface area contributed by atoms with Gasteiger partial charge in [0.25, 0.3) is 0 Å². The molecule has 10 nitrogen and oxygen atoms in total. The van der Waals surface area contributed by atoms with E-state index < -0.39 is 6.10 Å². The molecule has 47 heavy (non-hydrogen) atoms. The summed E-state index contributed by atoms with van der Waals surface area (Å²) in [4.78, 5) is 35.0. The SMILES string of the molecule is COc1ccc(C2CCC(CN(C(=O)C3CCC(OC(=O)N4CC(O)C4)CC3)c3cc(-c4cnn(C(C)C)c4)ccn3)CC2)cc1C. The highest BCUT2D eigenvalue weighted by molar-refractivity contribution is 5.94. The number of β-amino-alcohol motifs (C(OH)–C–C–N with tert-alkyl or cyclic N) is 1. The van der Waals surface area contributed by atoms with Gasteiger partial charge in [0.05, 0.1) is 32.5 Å². The quantitative estimate of drug-likeness (QED) is 0.283. The van der Waals surface area contributed by atoms with Crippen molar-refractivity contribution in [2.45, 2.75) is 96.3 Å². The molecule has 252 valence electrons. The topological polar surface area (TPSA) is 110 Å². The van der Waals surface area contributed by atoms with Gasteiger partial charge in [-0.05, 0) is 119 Å². The number of hydrogen-bond acceptors (Lipinski definition) is 7. The molecular formula is C37H49N5O5. The molecule has 0 spiro atoms. The molecule has 3 aromatic rings. The minimum atomic E-state index is -0.456. The average Bonchev–Trinajstić information content (AvgIpc) is 3.57. The molecule has 1 aliphatic heterocycles. The van der Waals surface area contributed by atoms with Crippen molar-refractivity contribution in [3.8, 4) is 16.9 Å². The fraction of sp³-hybridized carbons (Fsp3) is 0.568. The molecule has 10 heteroatoms. The summed E-state index contributed by atoms with van der Waals surface area (Å²) in [7, 11) is 1.71. The van der Waals surface area contributed by atoms with Crippen molar-refractivity contribution < 1.29 is 24.2 Å². The summed E-state index contributed by atoms with van der Waals surface area (Å²) in [6.45, 7) is 7.60. The van der Waals surface area contributed by atoms with Crippen molar-refractivity contribution in [2.75, 3.05) is 31.6 Å². The van der Waals surface area contributed by atoms with Gasteiger partial charge in [-0.25, -0.2) is 9.78 Å². The molecule has 2 aromatic heterocycles. The molecule has 1 saturated heterocycles. The van der Waals surface area contributed by atoms with Crippen LogP contribution in [0.15, 0.2) is 48.9 Å². The van der Waals surface area contributed by atoms with Gasteiger partial charge < -0.3 is 19.5 Å². The number of aliphatic hydroxyl groups excluding tert-OH is 1. The molecule has 0 radical (unpaired) electrons. The molecule has 1 N–H and O–H groups in total. The first-order valence-electron chi connectivity index (χ1n) is 17.3. The fourth-order valence-electron chi connectivity index (χ4n) is 7.37. The Hall–Kier alpha value is -3.92. The van der Waals surface area contributed by atoms with E-state index in [-0.39, 0.29) is 30.1 Å². The molecule has 2 amide bonds. The van der Waals surface area contributed by atoms with E-state index >= 15 is 0 Å². The summed E-state index contributed by atoms with van der Waals surface area (Å²) >= 11 is 0. The van der Waals surface area contributed by atoms with Crippen LogP contribution >= 0.6 is 0 Å². The first-order chi connectivity index (χ1) is 22.7. The van der Waals surface area contributed by atoms with Gasteiger partial charge in [0.1, 0.15) is 17.7 Å². The van der Waals surface area contributed by atoms with Gasteiger partial charge in [-0.2, -0.15) is 5.10 Å². The number of amides is 2. The van der Waals surface area contributed by atoms with Gasteiger partial charge >= 0.3 is 6.09 Å². The number of ether oxygens (including phenoxy) is 2. The van der Waals surface area contributed by atoms with Crippen LogP contribution in [-0.2, 0) is 9.53 Å². The summed E-state index contributed by atoms with van der Waals surface area (Å²) in [5.41, 5.74) is 4.53. The Morgan fingerprint density at radius 1 is 1.00 bits per heavy atom. The minimum Gasteiger partial charge on any atom is -0.496 e. The van der Waals surface area contributed by atoms with Crippen molar-refractivity contribution in [3.63, 3.8) is 0 Å². The maximum Gasteiger partial charge on any atom is 0.410 e. The van der Waals surface area contributed by atoms with E-state index in [0.717, 1.165) is 48.1 Å². The molecule has 0 bridgehead atoms. The predicted octanol–water partition coefficient (Wildman–Crippen LogP) is 6.52. The number of aliphatic hydroxyl groups is 1. The van der Waals surface area contributed by atoms with Gasteiger partial charge in [-0.3, -0.25) is 14.4 Å². The fourth-order valence-corrected chi connectivity index (χ4v) is 7.37. The molecule has 2 saturated carbocycles. The van der Waals surface area contributed by atoms with Crippen LogP contribution in [0.5, 0.6) is 5.75 Å². The molecule has 3 aliphatic rings. The highest BCUT2D eigenvalue weighted by Crippen LogP contribution is 2.39. The highest BCUT2D eigenvalue weighted by atomic mass is 16.6. The Labute approximate surface area is 278 Å². The first kappa shape index (κ1) is 33.0. The van der Waals surface area contributed by atoms with Crippen LogP contribution < -0.4 is 9.64 Å². The van der Waals surface area contributed by atoms with Crippen LogP contribution in [0.25, 0.3) is 11.1 Å². The number of hydrogen-bond donors (Lipinski definition) is 1. The Morgan fingerprint density at radius 3 is 2.38 bits per heavy atom. The number of aryl methyl sites for hydroxylation is 1. The Bertz CT molecular complexity index is 1530. The number of methoxy groups -OCH3 is 1. The predicted molar refractivity (Wildman–Crippen MR) is 180 cm³/mol. The third kappa shape index (κ3) is 7.64. The molecule has 3 heterocycles. The lowest BCUT2D eigenvalue weighted by atomic mass is 9.78. The van der Waals surface area contributed by atoms with Gasteiger partial charge in [-0.1, -0.05) is 12.1 Å². The van der Waals surface area contributed by atoms with Gasteiger partial charge in [0.2, 0.25) is 5.91 Å². The minimum absolute atomic E-state index is 0.107. The molecule has 6 rings (SSSR count). The Balaban J connectivity index is 1.15. The number of carbonyl (C=O) groups is 2. The summed E-state index contributed by atoms with van der Waals surface area (Å²) in [5.74, 6) is 2.46. The zero-order valence-corrected chi connectivity index (χ0v) is 28.2. The first-order valence-corrected chi connectivity index (χ1v) is 17.3. The summed E-state index contributed by atoms with van der Waals surface area (Å²) in [5, 5.41) is 14.0. The van der Waals surface area contributed by atoms with E-state index in [0.29, 0.717) is 63.0 Å². The Morgan fingerprint density at radius 2 is 1.74 bits per heavy atom. The number of nitrogens with zero attached hydrogens (tertiary/aromatic N) is 5. The maximum absolute atomic E-state index is 14.3. The smallest absolute Gasteiger partial charge is 0.410 e. The summed E-state index contributed by atoms with van der Waals surface area (Å²) < 4.78 is 13.1. The molecule has 2 aliphatic carbocycles. The van der Waals surface area contributed by atoms with Crippen LogP contribution in [0.4, 0.5) is 10.6 Å². The van der Waals surface area contributed by atoms with E-state index in [1.165, 1.54) is 10.5 Å².